The number of thiophene rings is 1. The average molecular weight is 300 g/mol. The van der Waals surface area contributed by atoms with Crippen molar-refractivity contribution < 1.29 is 4.79 Å². The molecule has 0 aliphatic carbocycles. The van der Waals surface area contributed by atoms with Crippen LogP contribution in [0.2, 0.25) is 0 Å². The van der Waals surface area contributed by atoms with Gasteiger partial charge >= 0.3 is 0 Å². The zero-order valence-electron chi connectivity index (χ0n) is 11.9. The van der Waals surface area contributed by atoms with E-state index in [1.54, 1.807) is 15.9 Å². The number of nitrogens with zero attached hydrogens (tertiary/aromatic N) is 3. The molecule has 3 aromatic rings. The third-order valence-corrected chi connectivity index (χ3v) is 3.85. The van der Waals surface area contributed by atoms with Crippen LogP contribution in [-0.2, 0) is 11.2 Å². The van der Waals surface area contributed by atoms with Crippen molar-refractivity contribution >= 4 is 28.6 Å². The van der Waals surface area contributed by atoms with Gasteiger partial charge in [0, 0.05) is 12.1 Å². The van der Waals surface area contributed by atoms with Crippen molar-refractivity contribution in [2.75, 3.05) is 5.32 Å². The standard InChI is InChI=1S/C15H16N4OS/c1-10(2)14-17-15-12(4-3-6-19(15)18-14)16-13(20)8-11-5-7-21-9-11/h3-7,9-10H,8H2,1-2H3,(H,16,20). The minimum atomic E-state index is -0.0457. The Bertz CT molecular complexity index is 761. The molecule has 0 saturated heterocycles. The minimum Gasteiger partial charge on any atom is -0.323 e. The molecule has 3 rings (SSSR count). The van der Waals surface area contributed by atoms with Crippen LogP contribution < -0.4 is 5.32 Å². The number of rotatable bonds is 4. The zero-order chi connectivity index (χ0) is 14.8. The topological polar surface area (TPSA) is 59.3 Å². The Morgan fingerprint density at radius 1 is 1.43 bits per heavy atom. The molecule has 5 nitrogen and oxygen atoms in total. The largest absolute Gasteiger partial charge is 0.323 e. The second-order valence-corrected chi connectivity index (χ2v) is 5.95. The number of aromatic nitrogens is 3. The zero-order valence-corrected chi connectivity index (χ0v) is 12.7. The third kappa shape index (κ3) is 2.95. The normalized spacial score (nSPS) is 11.2. The summed E-state index contributed by atoms with van der Waals surface area (Å²) in [4.78, 5) is 16.6. The van der Waals surface area contributed by atoms with Crippen LogP contribution in [0.3, 0.4) is 0 Å². The summed E-state index contributed by atoms with van der Waals surface area (Å²) in [5, 5.41) is 11.3. The first kappa shape index (κ1) is 13.8. The molecular weight excluding hydrogens is 284 g/mol. The molecule has 0 aliphatic heterocycles. The van der Waals surface area contributed by atoms with Crippen LogP contribution in [0.1, 0.15) is 31.2 Å². The highest BCUT2D eigenvalue weighted by molar-refractivity contribution is 7.08. The molecule has 0 unspecified atom stereocenters. The van der Waals surface area contributed by atoms with Crippen LogP contribution in [0.4, 0.5) is 5.69 Å². The van der Waals surface area contributed by atoms with E-state index in [4.69, 9.17) is 0 Å². The van der Waals surface area contributed by atoms with E-state index in [0.717, 1.165) is 11.4 Å². The molecule has 0 bridgehead atoms. The fraction of sp³-hybridized carbons (Fsp3) is 0.267. The van der Waals surface area contributed by atoms with Crippen LogP contribution in [0.5, 0.6) is 0 Å². The molecule has 21 heavy (non-hydrogen) atoms. The average Bonchev–Trinajstić information content (AvgIpc) is 3.07. The van der Waals surface area contributed by atoms with E-state index < -0.39 is 0 Å². The lowest BCUT2D eigenvalue weighted by Crippen LogP contribution is -2.14. The van der Waals surface area contributed by atoms with Crippen molar-refractivity contribution in [2.45, 2.75) is 26.2 Å². The Morgan fingerprint density at radius 3 is 3.00 bits per heavy atom. The van der Waals surface area contributed by atoms with Gasteiger partial charge in [-0.05, 0) is 34.5 Å². The first-order chi connectivity index (χ1) is 10.1. The number of carbonyl (C=O) groups is 1. The smallest absolute Gasteiger partial charge is 0.228 e. The van der Waals surface area contributed by atoms with Gasteiger partial charge in [-0.15, -0.1) is 0 Å². The number of nitrogens with one attached hydrogen (secondary N) is 1. The number of hydrogen-bond acceptors (Lipinski definition) is 4. The Hall–Kier alpha value is -2.21. The summed E-state index contributed by atoms with van der Waals surface area (Å²) in [6.07, 6.45) is 2.21. The molecule has 0 aromatic carbocycles. The van der Waals surface area contributed by atoms with Crippen LogP contribution in [0, 0.1) is 0 Å². The van der Waals surface area contributed by atoms with Gasteiger partial charge in [-0.1, -0.05) is 13.8 Å². The van der Waals surface area contributed by atoms with Crippen molar-refractivity contribution in [1.82, 2.24) is 14.6 Å². The van der Waals surface area contributed by atoms with Crippen LogP contribution >= 0.6 is 11.3 Å². The lowest BCUT2D eigenvalue weighted by atomic mass is 10.2. The van der Waals surface area contributed by atoms with Crippen LogP contribution in [0.25, 0.3) is 5.65 Å². The monoisotopic (exact) mass is 300 g/mol. The summed E-state index contributed by atoms with van der Waals surface area (Å²) in [5.74, 6) is 0.976. The van der Waals surface area contributed by atoms with Crippen molar-refractivity contribution in [3.63, 3.8) is 0 Å². The molecule has 1 amide bonds. The first-order valence-corrected chi connectivity index (χ1v) is 7.74. The molecule has 0 saturated carbocycles. The fourth-order valence-electron chi connectivity index (χ4n) is 2.04. The Morgan fingerprint density at radius 2 is 2.29 bits per heavy atom. The highest BCUT2D eigenvalue weighted by Crippen LogP contribution is 2.18. The highest BCUT2D eigenvalue weighted by Gasteiger charge is 2.12. The molecule has 0 atom stereocenters. The fourth-order valence-corrected chi connectivity index (χ4v) is 2.71. The summed E-state index contributed by atoms with van der Waals surface area (Å²) >= 11 is 1.59. The predicted molar refractivity (Wildman–Crippen MR) is 83.7 cm³/mol. The molecule has 108 valence electrons. The van der Waals surface area contributed by atoms with E-state index in [0.29, 0.717) is 17.8 Å². The van der Waals surface area contributed by atoms with Crippen LogP contribution in [-0.4, -0.2) is 20.5 Å². The van der Waals surface area contributed by atoms with E-state index in [1.165, 1.54) is 0 Å². The maximum Gasteiger partial charge on any atom is 0.228 e. The molecule has 3 heterocycles. The predicted octanol–water partition coefficient (Wildman–Crippen LogP) is 3.10. The Kier molecular flexibility index (Phi) is 3.70. The second kappa shape index (κ2) is 5.65. The van der Waals surface area contributed by atoms with Gasteiger partial charge in [0.1, 0.15) is 0 Å². The summed E-state index contributed by atoms with van der Waals surface area (Å²) < 4.78 is 1.70. The summed E-state index contributed by atoms with van der Waals surface area (Å²) in [6, 6.07) is 5.66. The third-order valence-electron chi connectivity index (χ3n) is 3.11. The number of amides is 1. The van der Waals surface area contributed by atoms with Gasteiger partial charge in [-0.25, -0.2) is 9.50 Å². The van der Waals surface area contributed by atoms with Gasteiger partial charge in [0.05, 0.1) is 12.1 Å². The second-order valence-electron chi connectivity index (χ2n) is 5.17. The summed E-state index contributed by atoms with van der Waals surface area (Å²) in [5.41, 5.74) is 2.39. The van der Waals surface area contributed by atoms with E-state index >= 15 is 0 Å². The van der Waals surface area contributed by atoms with Gasteiger partial charge in [0.2, 0.25) is 5.91 Å². The van der Waals surface area contributed by atoms with E-state index in [-0.39, 0.29) is 11.8 Å². The molecule has 3 aromatic heterocycles. The highest BCUT2D eigenvalue weighted by atomic mass is 32.1. The van der Waals surface area contributed by atoms with Gasteiger partial charge < -0.3 is 5.32 Å². The quantitative estimate of drug-likeness (QED) is 0.805. The first-order valence-electron chi connectivity index (χ1n) is 6.79. The van der Waals surface area contributed by atoms with E-state index in [1.807, 2.05) is 49.0 Å². The van der Waals surface area contributed by atoms with Gasteiger partial charge in [0.15, 0.2) is 11.5 Å². The van der Waals surface area contributed by atoms with Crippen molar-refractivity contribution in [3.8, 4) is 0 Å². The molecule has 1 N–H and O–H groups in total. The number of fused-ring (bicyclic) bond motifs is 1. The maximum atomic E-state index is 12.1. The molecule has 0 fully saturated rings. The molecule has 0 radical (unpaired) electrons. The lowest BCUT2D eigenvalue weighted by molar-refractivity contribution is -0.115. The maximum absolute atomic E-state index is 12.1. The minimum absolute atomic E-state index is 0.0457. The molecule has 0 aliphatic rings. The Labute approximate surface area is 126 Å². The van der Waals surface area contributed by atoms with Crippen molar-refractivity contribution in [3.05, 3.63) is 46.5 Å². The Balaban J connectivity index is 1.84. The summed E-state index contributed by atoms with van der Waals surface area (Å²) in [7, 11) is 0. The molecule has 6 heteroatoms. The van der Waals surface area contributed by atoms with Crippen LogP contribution in [0.15, 0.2) is 35.2 Å². The molecule has 0 spiro atoms. The van der Waals surface area contributed by atoms with E-state index in [9.17, 15) is 4.79 Å². The summed E-state index contributed by atoms with van der Waals surface area (Å²) in [6.45, 7) is 4.09. The number of pyridine rings is 1. The van der Waals surface area contributed by atoms with Crippen molar-refractivity contribution in [2.24, 2.45) is 0 Å². The lowest BCUT2D eigenvalue weighted by Gasteiger charge is -2.05. The van der Waals surface area contributed by atoms with Gasteiger partial charge in [-0.2, -0.15) is 16.4 Å². The van der Waals surface area contributed by atoms with Gasteiger partial charge in [0.25, 0.3) is 0 Å². The SMILES string of the molecule is CC(C)c1nc2c(NC(=O)Cc3ccsc3)cccn2n1. The number of anilines is 1. The number of carbonyl (C=O) groups excluding carboxylic acids is 1. The van der Waals surface area contributed by atoms with E-state index in [2.05, 4.69) is 15.4 Å². The molecular formula is C15H16N4OS. The van der Waals surface area contributed by atoms with Crippen molar-refractivity contribution in [1.29, 1.82) is 0 Å². The number of hydrogen-bond donors (Lipinski definition) is 1. The van der Waals surface area contributed by atoms with Gasteiger partial charge in [-0.3, -0.25) is 4.79 Å².